The van der Waals surface area contributed by atoms with Crippen LogP contribution in [0.5, 0.6) is 0 Å². The second kappa shape index (κ2) is 6.76. The molecule has 0 radical (unpaired) electrons. The maximum atomic E-state index is 2.71. The summed E-state index contributed by atoms with van der Waals surface area (Å²) in [5.41, 5.74) is 0.474. The van der Waals surface area contributed by atoms with Crippen LogP contribution in [0.1, 0.15) is 58.8 Å². The summed E-state index contributed by atoms with van der Waals surface area (Å²) in [5.74, 6) is 2.55. The highest BCUT2D eigenvalue weighted by atomic mass is 32.2. The molecule has 0 saturated heterocycles. The van der Waals surface area contributed by atoms with E-state index in [0.29, 0.717) is 15.9 Å². The van der Waals surface area contributed by atoms with Gasteiger partial charge in [-0.1, -0.05) is 25.6 Å². The van der Waals surface area contributed by atoms with Crippen molar-refractivity contribution in [2.24, 2.45) is 11.3 Å². The fraction of sp³-hybridized carbons (Fsp3) is 0.941. The summed E-state index contributed by atoms with van der Waals surface area (Å²) in [6, 6.07) is 0. The van der Waals surface area contributed by atoms with E-state index in [9.17, 15) is 0 Å². The smallest absolute Gasteiger partial charge is 0.00284 e. The highest BCUT2D eigenvalue weighted by molar-refractivity contribution is 8.15. The predicted octanol–water partition coefficient (Wildman–Crippen LogP) is 4.39. The van der Waals surface area contributed by atoms with E-state index in [1.807, 2.05) is 0 Å². The fourth-order valence-corrected chi connectivity index (χ4v) is 6.96. The lowest BCUT2D eigenvalue weighted by Crippen LogP contribution is -2.36. The number of rotatable bonds is 6. The van der Waals surface area contributed by atoms with E-state index >= 15 is 0 Å². The largest absolute Gasteiger partial charge is 0.309 e. The van der Waals surface area contributed by atoms with Gasteiger partial charge in [0.25, 0.3) is 0 Å². The molecule has 0 N–H and O–H groups in total. The van der Waals surface area contributed by atoms with Gasteiger partial charge in [0.05, 0.1) is 0 Å². The zero-order valence-corrected chi connectivity index (χ0v) is 14.3. The van der Waals surface area contributed by atoms with Crippen LogP contribution in [-0.4, -0.2) is 41.9 Å². The Morgan fingerprint density at radius 3 is 2.42 bits per heavy atom. The Labute approximate surface area is 123 Å². The molecule has 1 unspecified atom stereocenters. The molecule has 0 spiro atoms. The van der Waals surface area contributed by atoms with Crippen LogP contribution in [0.3, 0.4) is 0 Å². The number of nitrogens with zero attached hydrogens (tertiary/aromatic N) is 1. The molecule has 19 heavy (non-hydrogen) atoms. The summed E-state index contributed by atoms with van der Waals surface area (Å²) >= 11 is 0. The molecular formula is C17H33NS. The normalized spacial score (nSPS) is 26.9. The standard InChI is InChI=1S/C17H33NS/c1-17(2,14-18(3)4)13-16(15-9-8-10-15)19-11-6-5-7-12-19/h11,15-16H,5-10,12-14H2,1-4H3/t16-,19?/m0/s1. The quantitative estimate of drug-likeness (QED) is 0.654. The van der Waals surface area contributed by atoms with Gasteiger partial charge in [0, 0.05) is 11.8 Å². The molecule has 0 aromatic heterocycles. The lowest BCUT2D eigenvalue weighted by Gasteiger charge is -2.42. The molecule has 1 heterocycles. The highest BCUT2D eigenvalue weighted by Gasteiger charge is 2.34. The van der Waals surface area contributed by atoms with Crippen molar-refractivity contribution in [3.05, 3.63) is 0 Å². The fourth-order valence-electron chi connectivity index (χ4n) is 3.80. The van der Waals surface area contributed by atoms with Crippen molar-refractivity contribution in [2.75, 3.05) is 26.4 Å². The molecule has 0 aromatic rings. The Bertz CT molecular complexity index is 315. The second-order valence-electron chi connectivity index (χ2n) is 7.67. The molecule has 1 fully saturated rings. The van der Waals surface area contributed by atoms with Gasteiger partial charge in [0.1, 0.15) is 0 Å². The number of hydrogen-bond acceptors (Lipinski definition) is 1. The van der Waals surface area contributed by atoms with Crippen LogP contribution >= 0.6 is 10.5 Å². The minimum atomic E-state index is 0.474. The third kappa shape index (κ3) is 4.60. The molecule has 1 saturated carbocycles. The van der Waals surface area contributed by atoms with Crippen molar-refractivity contribution in [2.45, 2.75) is 64.0 Å². The van der Waals surface area contributed by atoms with Crippen LogP contribution in [0.15, 0.2) is 0 Å². The van der Waals surface area contributed by atoms with Crippen molar-refractivity contribution in [1.82, 2.24) is 4.90 Å². The predicted molar refractivity (Wildman–Crippen MR) is 90.5 cm³/mol. The van der Waals surface area contributed by atoms with Crippen LogP contribution in [0.25, 0.3) is 0 Å². The molecule has 0 bridgehead atoms. The van der Waals surface area contributed by atoms with Crippen molar-refractivity contribution >= 4 is 15.9 Å². The second-order valence-corrected chi connectivity index (χ2v) is 9.96. The molecule has 1 aliphatic carbocycles. The molecule has 1 nitrogen and oxygen atoms in total. The van der Waals surface area contributed by atoms with Gasteiger partial charge in [0.15, 0.2) is 0 Å². The van der Waals surface area contributed by atoms with Crippen LogP contribution < -0.4 is 0 Å². The van der Waals surface area contributed by atoms with Gasteiger partial charge in [-0.25, -0.2) is 0 Å². The molecule has 2 heteroatoms. The molecule has 2 atom stereocenters. The third-order valence-corrected chi connectivity index (χ3v) is 7.48. The van der Waals surface area contributed by atoms with Gasteiger partial charge in [-0.05, 0) is 69.7 Å². The zero-order valence-electron chi connectivity index (χ0n) is 13.5. The van der Waals surface area contributed by atoms with Crippen LogP contribution in [0.4, 0.5) is 0 Å². The van der Waals surface area contributed by atoms with E-state index in [1.165, 1.54) is 57.2 Å². The summed E-state index contributed by atoms with van der Waals surface area (Å²) in [6.07, 6.45) is 10.3. The average Bonchev–Trinajstić information content (AvgIpc) is 2.25. The first kappa shape index (κ1) is 15.6. The van der Waals surface area contributed by atoms with Gasteiger partial charge >= 0.3 is 0 Å². The summed E-state index contributed by atoms with van der Waals surface area (Å²) in [5, 5.41) is 3.71. The van der Waals surface area contributed by atoms with Crippen LogP contribution in [0, 0.1) is 11.3 Å². The van der Waals surface area contributed by atoms with Gasteiger partial charge in [-0.15, -0.1) is 0 Å². The minimum absolute atomic E-state index is 0.474. The Morgan fingerprint density at radius 1 is 1.21 bits per heavy atom. The summed E-state index contributed by atoms with van der Waals surface area (Å²) in [6.45, 7) is 6.19. The molecular weight excluding hydrogens is 250 g/mol. The first-order valence-electron chi connectivity index (χ1n) is 8.14. The Morgan fingerprint density at radius 2 is 1.95 bits per heavy atom. The van der Waals surface area contributed by atoms with Crippen LogP contribution in [-0.2, 0) is 0 Å². The summed E-state index contributed by atoms with van der Waals surface area (Å²) in [4.78, 5) is 2.37. The van der Waals surface area contributed by atoms with Crippen molar-refractivity contribution in [1.29, 1.82) is 0 Å². The Kier molecular flexibility index (Phi) is 5.54. The number of hydrogen-bond donors (Lipinski definition) is 0. The Hall–Kier alpha value is 0.180. The lowest BCUT2D eigenvalue weighted by atomic mass is 9.76. The van der Waals surface area contributed by atoms with E-state index < -0.39 is 0 Å². The molecule has 0 amide bonds. The first-order chi connectivity index (χ1) is 8.98. The third-order valence-electron chi connectivity index (χ3n) is 4.73. The van der Waals surface area contributed by atoms with Crippen molar-refractivity contribution < 1.29 is 0 Å². The van der Waals surface area contributed by atoms with Gasteiger partial charge in [-0.3, -0.25) is 0 Å². The van der Waals surface area contributed by atoms with E-state index in [-0.39, 0.29) is 0 Å². The van der Waals surface area contributed by atoms with E-state index in [0.717, 1.165) is 11.2 Å². The topological polar surface area (TPSA) is 3.24 Å². The van der Waals surface area contributed by atoms with Gasteiger partial charge in [0.2, 0.25) is 0 Å². The molecule has 0 aromatic carbocycles. The molecule has 2 rings (SSSR count). The molecule has 2 aliphatic rings. The minimum Gasteiger partial charge on any atom is -0.309 e. The summed E-state index contributed by atoms with van der Waals surface area (Å²) in [7, 11) is 5.07. The highest BCUT2D eigenvalue weighted by Crippen LogP contribution is 2.45. The lowest BCUT2D eigenvalue weighted by molar-refractivity contribution is 0.192. The van der Waals surface area contributed by atoms with Crippen molar-refractivity contribution in [3.63, 3.8) is 0 Å². The van der Waals surface area contributed by atoms with E-state index in [1.54, 1.807) is 0 Å². The SMILES string of the molecule is CN(C)CC(C)(C)C[C@@H](C1CCC1)S1=CCCCC1. The van der Waals surface area contributed by atoms with Gasteiger partial charge < -0.3 is 4.90 Å². The van der Waals surface area contributed by atoms with E-state index in [4.69, 9.17) is 0 Å². The van der Waals surface area contributed by atoms with Crippen molar-refractivity contribution in [3.8, 4) is 0 Å². The monoisotopic (exact) mass is 283 g/mol. The zero-order chi connectivity index (χ0) is 13.9. The Balaban J connectivity index is 2.03. The van der Waals surface area contributed by atoms with E-state index in [2.05, 4.69) is 38.2 Å². The van der Waals surface area contributed by atoms with Gasteiger partial charge in [-0.2, -0.15) is 10.5 Å². The molecule has 1 aliphatic heterocycles. The molecule has 112 valence electrons. The maximum absolute atomic E-state index is 2.71. The summed E-state index contributed by atoms with van der Waals surface area (Å²) < 4.78 is 0. The van der Waals surface area contributed by atoms with Crippen LogP contribution in [0.2, 0.25) is 0 Å². The first-order valence-corrected chi connectivity index (χ1v) is 9.66. The average molecular weight is 284 g/mol. The maximum Gasteiger partial charge on any atom is 0.00284 e.